The summed E-state index contributed by atoms with van der Waals surface area (Å²) in [4.78, 5) is 2.83. The number of hydrogen-bond donors (Lipinski definition) is 0. The zero-order valence-corrected chi connectivity index (χ0v) is 14.5. The van der Waals surface area contributed by atoms with Crippen LogP contribution in [0, 0.1) is 4.84 Å². The molecule has 1 aromatic carbocycles. The molecule has 1 unspecified atom stereocenters. The zero-order chi connectivity index (χ0) is 16.2. The van der Waals surface area contributed by atoms with Gasteiger partial charge in [-0.1, -0.05) is 6.42 Å². The first-order valence-corrected chi connectivity index (χ1v) is 8.63. The van der Waals surface area contributed by atoms with Crippen molar-refractivity contribution in [2.45, 2.75) is 45.8 Å². The van der Waals surface area contributed by atoms with Gasteiger partial charge < -0.3 is 9.15 Å². The van der Waals surface area contributed by atoms with Crippen molar-refractivity contribution in [3.8, 4) is 17.2 Å². The summed E-state index contributed by atoms with van der Waals surface area (Å²) >= 11 is 5.33. The fourth-order valence-corrected chi connectivity index (χ4v) is 3.09. The van der Waals surface area contributed by atoms with Gasteiger partial charge in [0.2, 0.25) is 5.89 Å². The number of piperidine rings is 1. The Bertz CT molecular complexity index is 693. The van der Waals surface area contributed by atoms with Crippen LogP contribution in [0.25, 0.3) is 11.5 Å². The maximum absolute atomic E-state index is 5.68. The standard InChI is InChI=1S/C17H23N3O2S/c1-3-21-15-9-7-14(8-10-15)16-18-20(17(23)22-16)12-19-11-5-4-6-13(19)2/h7-10,13H,3-6,11-12H2,1-2H3. The SMILES string of the molecule is CCOc1ccc(-c2nn(CN3CCCCC3C)c(=S)o2)cc1. The first-order chi connectivity index (χ1) is 11.2. The molecule has 6 heteroatoms. The van der Waals surface area contributed by atoms with Crippen molar-refractivity contribution in [2.24, 2.45) is 0 Å². The van der Waals surface area contributed by atoms with E-state index in [4.69, 9.17) is 21.4 Å². The summed E-state index contributed by atoms with van der Waals surface area (Å²) in [5, 5.41) is 4.55. The van der Waals surface area contributed by atoms with Crippen molar-refractivity contribution >= 4 is 12.2 Å². The summed E-state index contributed by atoms with van der Waals surface area (Å²) in [6.07, 6.45) is 3.78. The van der Waals surface area contributed by atoms with E-state index in [-0.39, 0.29) is 0 Å². The Morgan fingerprint density at radius 1 is 1.30 bits per heavy atom. The van der Waals surface area contributed by atoms with Crippen molar-refractivity contribution in [3.05, 3.63) is 29.1 Å². The molecule has 1 aliphatic heterocycles. The minimum absolute atomic E-state index is 0.423. The zero-order valence-electron chi connectivity index (χ0n) is 13.7. The Labute approximate surface area is 141 Å². The number of nitrogens with zero attached hydrogens (tertiary/aromatic N) is 3. The van der Waals surface area contributed by atoms with Gasteiger partial charge in [-0.05, 0) is 63.2 Å². The highest BCUT2D eigenvalue weighted by Crippen LogP contribution is 2.22. The molecule has 0 spiro atoms. The van der Waals surface area contributed by atoms with Crippen molar-refractivity contribution in [1.82, 2.24) is 14.7 Å². The van der Waals surface area contributed by atoms with E-state index in [2.05, 4.69) is 16.9 Å². The average molecular weight is 333 g/mol. The predicted molar refractivity (Wildman–Crippen MR) is 92.0 cm³/mol. The summed E-state index contributed by atoms with van der Waals surface area (Å²) in [5.74, 6) is 1.40. The second-order valence-electron chi connectivity index (χ2n) is 5.93. The molecule has 1 fully saturated rings. The molecule has 0 aliphatic carbocycles. The third-order valence-electron chi connectivity index (χ3n) is 4.27. The van der Waals surface area contributed by atoms with Gasteiger partial charge in [-0.3, -0.25) is 4.90 Å². The number of likely N-dealkylation sites (tertiary alicyclic amines) is 1. The largest absolute Gasteiger partial charge is 0.494 e. The number of benzene rings is 1. The monoisotopic (exact) mass is 333 g/mol. The van der Waals surface area contributed by atoms with Gasteiger partial charge in [0.1, 0.15) is 5.75 Å². The van der Waals surface area contributed by atoms with E-state index in [1.54, 1.807) is 4.68 Å². The summed E-state index contributed by atoms with van der Waals surface area (Å²) in [6, 6.07) is 8.29. The highest BCUT2D eigenvalue weighted by Gasteiger charge is 2.20. The number of hydrogen-bond acceptors (Lipinski definition) is 5. The molecule has 1 aliphatic rings. The smallest absolute Gasteiger partial charge is 0.288 e. The number of rotatable bonds is 5. The molecule has 0 saturated carbocycles. The summed E-state index contributed by atoms with van der Waals surface area (Å²) < 4.78 is 12.9. The van der Waals surface area contributed by atoms with Crippen molar-refractivity contribution in [3.63, 3.8) is 0 Å². The van der Waals surface area contributed by atoms with E-state index in [0.717, 1.165) is 17.9 Å². The number of aromatic nitrogens is 2. The van der Waals surface area contributed by atoms with E-state index in [1.807, 2.05) is 31.2 Å². The Morgan fingerprint density at radius 2 is 2.09 bits per heavy atom. The third kappa shape index (κ3) is 3.82. The molecule has 124 valence electrons. The van der Waals surface area contributed by atoms with Crippen LogP contribution >= 0.6 is 12.2 Å². The van der Waals surface area contributed by atoms with Crippen LogP contribution in [0.1, 0.15) is 33.1 Å². The van der Waals surface area contributed by atoms with Gasteiger partial charge in [0.25, 0.3) is 4.84 Å². The van der Waals surface area contributed by atoms with Crippen LogP contribution in [0.4, 0.5) is 0 Å². The van der Waals surface area contributed by atoms with Crippen molar-refractivity contribution in [2.75, 3.05) is 13.2 Å². The lowest BCUT2D eigenvalue weighted by Crippen LogP contribution is -2.38. The highest BCUT2D eigenvalue weighted by atomic mass is 32.1. The summed E-state index contributed by atoms with van der Waals surface area (Å²) in [6.45, 7) is 6.67. The predicted octanol–water partition coefficient (Wildman–Crippen LogP) is 4.10. The van der Waals surface area contributed by atoms with Crippen LogP contribution < -0.4 is 4.74 Å². The van der Waals surface area contributed by atoms with E-state index >= 15 is 0 Å². The molecule has 1 aromatic heterocycles. The van der Waals surface area contributed by atoms with Gasteiger partial charge in [0.05, 0.1) is 13.3 Å². The lowest BCUT2D eigenvalue weighted by Gasteiger charge is -2.32. The van der Waals surface area contributed by atoms with E-state index in [0.29, 0.717) is 30.0 Å². The molecule has 0 amide bonds. The first-order valence-electron chi connectivity index (χ1n) is 8.22. The number of ether oxygens (including phenoxy) is 1. The van der Waals surface area contributed by atoms with Gasteiger partial charge in [-0.15, -0.1) is 5.10 Å². The Kier molecular flexibility index (Phi) is 5.13. The fourth-order valence-electron chi connectivity index (χ4n) is 2.91. The lowest BCUT2D eigenvalue weighted by atomic mass is 10.0. The maximum Gasteiger partial charge on any atom is 0.288 e. The average Bonchev–Trinajstić information content (AvgIpc) is 2.92. The molecule has 3 rings (SSSR count). The van der Waals surface area contributed by atoms with E-state index in [9.17, 15) is 0 Å². The normalized spacial score (nSPS) is 19.0. The van der Waals surface area contributed by atoms with Crippen LogP contribution in [0.2, 0.25) is 0 Å². The quantitative estimate of drug-likeness (QED) is 0.771. The van der Waals surface area contributed by atoms with Gasteiger partial charge in [0.15, 0.2) is 0 Å². The molecule has 5 nitrogen and oxygen atoms in total. The third-order valence-corrected chi connectivity index (χ3v) is 4.57. The van der Waals surface area contributed by atoms with Gasteiger partial charge in [0, 0.05) is 18.2 Å². The molecule has 1 atom stereocenters. The van der Waals surface area contributed by atoms with E-state index in [1.165, 1.54) is 19.3 Å². The molecule has 0 N–H and O–H groups in total. The van der Waals surface area contributed by atoms with Crippen molar-refractivity contribution < 1.29 is 9.15 Å². The molecule has 2 aromatic rings. The highest BCUT2D eigenvalue weighted by molar-refractivity contribution is 7.71. The van der Waals surface area contributed by atoms with Gasteiger partial charge in [-0.25, -0.2) is 4.68 Å². The molecular weight excluding hydrogens is 310 g/mol. The first kappa shape index (κ1) is 16.2. The van der Waals surface area contributed by atoms with E-state index < -0.39 is 0 Å². The topological polar surface area (TPSA) is 43.4 Å². The minimum Gasteiger partial charge on any atom is -0.494 e. The molecule has 2 heterocycles. The van der Waals surface area contributed by atoms with Gasteiger partial charge >= 0.3 is 0 Å². The lowest BCUT2D eigenvalue weighted by molar-refractivity contribution is 0.113. The molecule has 23 heavy (non-hydrogen) atoms. The maximum atomic E-state index is 5.68. The molecular formula is C17H23N3O2S. The van der Waals surface area contributed by atoms with Crippen LogP contribution in [-0.2, 0) is 6.67 Å². The fraction of sp³-hybridized carbons (Fsp3) is 0.529. The van der Waals surface area contributed by atoms with Crippen LogP contribution in [-0.4, -0.2) is 33.9 Å². The summed E-state index contributed by atoms with van der Waals surface area (Å²) in [7, 11) is 0. The van der Waals surface area contributed by atoms with Gasteiger partial charge in [-0.2, -0.15) is 0 Å². The second-order valence-corrected chi connectivity index (χ2v) is 6.28. The van der Waals surface area contributed by atoms with Crippen LogP contribution in [0.3, 0.4) is 0 Å². The molecule has 0 radical (unpaired) electrons. The second kappa shape index (κ2) is 7.27. The minimum atomic E-state index is 0.423. The van der Waals surface area contributed by atoms with Crippen molar-refractivity contribution in [1.29, 1.82) is 0 Å². The molecule has 1 saturated heterocycles. The van der Waals surface area contributed by atoms with Crippen LogP contribution in [0.5, 0.6) is 5.75 Å². The molecule has 0 bridgehead atoms. The Morgan fingerprint density at radius 3 is 2.78 bits per heavy atom. The Balaban J connectivity index is 1.76. The van der Waals surface area contributed by atoms with Crippen LogP contribution in [0.15, 0.2) is 28.7 Å². The summed E-state index contributed by atoms with van der Waals surface area (Å²) in [5.41, 5.74) is 0.907. The Hall–Kier alpha value is -1.66.